The van der Waals surface area contributed by atoms with Crippen molar-refractivity contribution in [2.75, 3.05) is 18.0 Å². The molecule has 3 rings (SSSR count). The van der Waals surface area contributed by atoms with Gasteiger partial charge in [-0.25, -0.2) is 4.98 Å². The fourth-order valence-electron chi connectivity index (χ4n) is 2.92. The van der Waals surface area contributed by atoms with Crippen LogP contribution in [0.4, 0.5) is 19.0 Å². The topological polar surface area (TPSA) is 33.2 Å². The summed E-state index contributed by atoms with van der Waals surface area (Å²) in [5.74, 6) is -0.532. The summed E-state index contributed by atoms with van der Waals surface area (Å²) in [6, 6.07) is 7.06. The summed E-state index contributed by atoms with van der Waals surface area (Å²) in [6.45, 7) is 0.678. The van der Waals surface area contributed by atoms with Gasteiger partial charge in [0.25, 0.3) is 0 Å². The minimum Gasteiger partial charge on any atom is -0.356 e. The monoisotopic (exact) mass is 308 g/mol. The molecule has 3 nitrogen and oxygen atoms in total. The average Bonchev–Trinajstić information content (AvgIpc) is 2.53. The minimum atomic E-state index is -4.11. The zero-order valence-corrected chi connectivity index (χ0v) is 11.8. The van der Waals surface area contributed by atoms with Crippen LogP contribution in [0.2, 0.25) is 0 Å². The fraction of sp³-hybridized carbons (Fsp3) is 0.375. The summed E-state index contributed by atoms with van der Waals surface area (Å²) >= 11 is 0. The van der Waals surface area contributed by atoms with Crippen molar-refractivity contribution in [1.82, 2.24) is 4.98 Å². The molecule has 1 aromatic carbocycles. The third kappa shape index (κ3) is 2.77. The zero-order chi connectivity index (χ0) is 15.7. The lowest BCUT2D eigenvalue weighted by Gasteiger charge is -2.34. The van der Waals surface area contributed by atoms with Gasteiger partial charge in [-0.3, -0.25) is 4.79 Å². The van der Waals surface area contributed by atoms with Crippen LogP contribution in [0, 0.1) is 5.92 Å². The number of hydrogen-bond acceptors (Lipinski definition) is 3. The molecule has 0 N–H and O–H groups in total. The Bertz CT molecular complexity index is 691. The van der Waals surface area contributed by atoms with Crippen LogP contribution in [0.15, 0.2) is 30.5 Å². The molecule has 0 saturated carbocycles. The molecule has 0 unspecified atom stereocenters. The summed E-state index contributed by atoms with van der Waals surface area (Å²) in [4.78, 5) is 17.1. The molecule has 6 heteroatoms. The van der Waals surface area contributed by atoms with E-state index in [1.165, 1.54) is 0 Å². The highest BCUT2D eigenvalue weighted by Gasteiger charge is 2.41. The number of hydrogen-bond donors (Lipinski definition) is 0. The first-order valence-electron chi connectivity index (χ1n) is 7.14. The Morgan fingerprint density at radius 2 is 1.91 bits per heavy atom. The fourth-order valence-corrected chi connectivity index (χ4v) is 2.92. The van der Waals surface area contributed by atoms with E-state index in [1.807, 2.05) is 4.90 Å². The molecule has 0 spiro atoms. The Kier molecular flexibility index (Phi) is 3.76. The van der Waals surface area contributed by atoms with Gasteiger partial charge in [0, 0.05) is 30.2 Å². The number of rotatable bonds is 2. The lowest BCUT2D eigenvalue weighted by molar-refractivity contribution is -0.179. The van der Waals surface area contributed by atoms with Crippen molar-refractivity contribution in [2.45, 2.75) is 19.0 Å². The van der Waals surface area contributed by atoms with Crippen molar-refractivity contribution >= 4 is 22.9 Å². The molecule has 1 fully saturated rings. The van der Waals surface area contributed by atoms with Gasteiger partial charge in [-0.05, 0) is 36.4 Å². The molecule has 116 valence electrons. The van der Waals surface area contributed by atoms with Crippen molar-refractivity contribution < 1.29 is 18.0 Å². The molecule has 1 aliphatic rings. The first-order valence-corrected chi connectivity index (χ1v) is 7.14. The number of piperidine rings is 1. The summed E-state index contributed by atoms with van der Waals surface area (Å²) in [6.07, 6.45) is -1.53. The Hall–Kier alpha value is -2.11. The maximum Gasteiger partial charge on any atom is 0.391 e. The molecule has 1 aliphatic heterocycles. The van der Waals surface area contributed by atoms with Gasteiger partial charge in [0.05, 0.1) is 5.92 Å². The first kappa shape index (κ1) is 14.8. The molecule has 2 heterocycles. The smallest absolute Gasteiger partial charge is 0.356 e. The maximum atomic E-state index is 12.7. The van der Waals surface area contributed by atoms with Crippen LogP contribution in [0.5, 0.6) is 0 Å². The molecule has 0 aliphatic carbocycles. The highest BCUT2D eigenvalue weighted by Crippen LogP contribution is 2.36. The molecular weight excluding hydrogens is 293 g/mol. The first-order chi connectivity index (χ1) is 10.5. The lowest BCUT2D eigenvalue weighted by Crippen LogP contribution is -2.39. The number of pyridine rings is 1. The number of nitrogens with zero attached hydrogens (tertiary/aromatic N) is 2. The molecule has 22 heavy (non-hydrogen) atoms. The van der Waals surface area contributed by atoms with Crippen LogP contribution in [0.1, 0.15) is 23.2 Å². The number of carbonyl (C=O) groups excluding carboxylic acids is 1. The SMILES string of the molecule is O=Cc1ccc2c(N3CCC(C(F)(F)F)CC3)nccc2c1. The van der Waals surface area contributed by atoms with E-state index in [0.717, 1.165) is 17.1 Å². The molecule has 1 aromatic heterocycles. The van der Waals surface area contributed by atoms with Crippen LogP contribution in [0.25, 0.3) is 10.8 Å². The van der Waals surface area contributed by atoms with Crippen LogP contribution >= 0.6 is 0 Å². The van der Waals surface area contributed by atoms with Crippen molar-refractivity contribution in [2.24, 2.45) is 5.92 Å². The second kappa shape index (κ2) is 5.59. The number of aromatic nitrogens is 1. The van der Waals surface area contributed by atoms with E-state index in [4.69, 9.17) is 0 Å². The third-order valence-corrected chi connectivity index (χ3v) is 4.16. The molecule has 2 aromatic rings. The molecule has 0 radical (unpaired) electrons. The maximum absolute atomic E-state index is 12.7. The number of alkyl halides is 3. The van der Waals surface area contributed by atoms with Crippen molar-refractivity contribution in [3.63, 3.8) is 0 Å². The number of benzene rings is 1. The number of carbonyl (C=O) groups is 1. The third-order valence-electron chi connectivity index (χ3n) is 4.16. The van der Waals surface area contributed by atoms with Crippen LogP contribution in [-0.2, 0) is 0 Å². The predicted molar refractivity (Wildman–Crippen MR) is 78.1 cm³/mol. The Balaban J connectivity index is 1.87. The zero-order valence-electron chi connectivity index (χ0n) is 11.8. The highest BCUT2D eigenvalue weighted by molar-refractivity contribution is 5.95. The largest absolute Gasteiger partial charge is 0.391 e. The van der Waals surface area contributed by atoms with Crippen LogP contribution in [0.3, 0.4) is 0 Å². The van der Waals surface area contributed by atoms with E-state index >= 15 is 0 Å². The van der Waals surface area contributed by atoms with Gasteiger partial charge in [0.15, 0.2) is 0 Å². The van der Waals surface area contributed by atoms with Crippen molar-refractivity contribution in [3.05, 3.63) is 36.0 Å². The van der Waals surface area contributed by atoms with Gasteiger partial charge in [-0.1, -0.05) is 6.07 Å². The predicted octanol–water partition coefficient (Wildman–Crippen LogP) is 3.83. The van der Waals surface area contributed by atoms with E-state index in [0.29, 0.717) is 24.5 Å². The van der Waals surface area contributed by atoms with Crippen LogP contribution < -0.4 is 4.90 Å². The van der Waals surface area contributed by atoms with E-state index in [9.17, 15) is 18.0 Å². The minimum absolute atomic E-state index is 0.0913. The second-order valence-electron chi connectivity index (χ2n) is 5.54. The van der Waals surface area contributed by atoms with Crippen molar-refractivity contribution in [1.29, 1.82) is 0 Å². The van der Waals surface area contributed by atoms with Gasteiger partial charge in [-0.2, -0.15) is 13.2 Å². The quantitative estimate of drug-likeness (QED) is 0.791. The van der Waals surface area contributed by atoms with E-state index in [-0.39, 0.29) is 12.8 Å². The van der Waals surface area contributed by atoms with Gasteiger partial charge in [0.1, 0.15) is 12.1 Å². The molecular formula is C16H15F3N2O. The molecule has 0 amide bonds. The van der Waals surface area contributed by atoms with E-state index in [2.05, 4.69) is 4.98 Å². The Labute approximate surface area is 125 Å². The summed E-state index contributed by atoms with van der Waals surface area (Å²) in [5.41, 5.74) is 0.570. The summed E-state index contributed by atoms with van der Waals surface area (Å²) < 4.78 is 38.2. The second-order valence-corrected chi connectivity index (χ2v) is 5.54. The Morgan fingerprint density at radius 3 is 2.55 bits per heavy atom. The molecule has 0 atom stereocenters. The number of fused-ring (bicyclic) bond motifs is 1. The number of halogens is 3. The number of aldehydes is 1. The summed E-state index contributed by atoms with van der Waals surface area (Å²) in [7, 11) is 0. The van der Waals surface area contributed by atoms with E-state index in [1.54, 1.807) is 30.5 Å². The normalized spacial score (nSPS) is 17.0. The summed E-state index contributed by atoms with van der Waals surface area (Å²) in [5, 5.41) is 1.73. The van der Waals surface area contributed by atoms with Gasteiger partial charge in [0.2, 0.25) is 0 Å². The lowest BCUT2D eigenvalue weighted by atomic mass is 9.96. The number of anilines is 1. The van der Waals surface area contributed by atoms with Crippen LogP contribution in [-0.4, -0.2) is 30.5 Å². The van der Waals surface area contributed by atoms with Gasteiger partial charge >= 0.3 is 6.18 Å². The average molecular weight is 308 g/mol. The highest BCUT2D eigenvalue weighted by atomic mass is 19.4. The van der Waals surface area contributed by atoms with Gasteiger partial charge in [-0.15, -0.1) is 0 Å². The Morgan fingerprint density at radius 1 is 1.18 bits per heavy atom. The van der Waals surface area contributed by atoms with Gasteiger partial charge < -0.3 is 4.90 Å². The molecule has 1 saturated heterocycles. The standard InChI is InChI=1S/C16H15F3N2O/c17-16(18,19)13-4-7-21(8-5-13)15-14-2-1-11(10-22)9-12(14)3-6-20-15/h1-3,6,9-10,13H,4-5,7-8H2. The van der Waals surface area contributed by atoms with E-state index < -0.39 is 12.1 Å². The van der Waals surface area contributed by atoms with Crippen molar-refractivity contribution in [3.8, 4) is 0 Å². The molecule has 0 bridgehead atoms.